The third-order valence-electron chi connectivity index (χ3n) is 4.21. The van der Waals surface area contributed by atoms with E-state index in [1.807, 2.05) is 25.1 Å². The van der Waals surface area contributed by atoms with E-state index in [9.17, 15) is 9.59 Å². The van der Waals surface area contributed by atoms with Crippen molar-refractivity contribution in [2.24, 2.45) is 0 Å². The molecule has 0 unspecified atom stereocenters. The molecule has 142 valence electrons. The lowest BCUT2D eigenvalue weighted by molar-refractivity contribution is -0.121. The number of nitrogens with one attached hydrogen (secondary N) is 1. The van der Waals surface area contributed by atoms with Gasteiger partial charge in [0.2, 0.25) is 5.91 Å². The Morgan fingerprint density at radius 2 is 2.19 bits per heavy atom. The van der Waals surface area contributed by atoms with Gasteiger partial charge in [0.05, 0.1) is 12.8 Å². The standard InChI is InChI=1S/C18H19BrN4O4/c1-4-13-16-17(27-22-13)21-10(2)23(18(16)25)9-15(24)20-8-11-7-12(19)5-6-14(11)26-3/h5-7H,4,8-9H2,1-3H3,(H,20,24). The lowest BCUT2D eigenvalue weighted by atomic mass is 10.2. The van der Waals surface area contributed by atoms with E-state index in [1.54, 1.807) is 14.0 Å². The van der Waals surface area contributed by atoms with Gasteiger partial charge in [-0.3, -0.25) is 14.2 Å². The molecule has 0 aliphatic heterocycles. The number of carbonyl (C=O) groups excluding carboxylic acids is 1. The number of nitrogens with zero attached hydrogens (tertiary/aromatic N) is 3. The normalized spacial score (nSPS) is 11.0. The van der Waals surface area contributed by atoms with Gasteiger partial charge in [-0.25, -0.2) is 0 Å². The number of ether oxygens (including phenoxy) is 1. The number of carbonyl (C=O) groups is 1. The van der Waals surface area contributed by atoms with Gasteiger partial charge >= 0.3 is 0 Å². The van der Waals surface area contributed by atoms with Gasteiger partial charge in [-0.05, 0) is 31.5 Å². The molecule has 0 spiro atoms. The molecule has 3 aromatic rings. The van der Waals surface area contributed by atoms with Crippen LogP contribution in [-0.4, -0.2) is 27.7 Å². The van der Waals surface area contributed by atoms with Crippen LogP contribution in [0.3, 0.4) is 0 Å². The van der Waals surface area contributed by atoms with Crippen molar-refractivity contribution in [2.45, 2.75) is 33.4 Å². The van der Waals surface area contributed by atoms with Gasteiger partial charge in [0.25, 0.3) is 11.3 Å². The van der Waals surface area contributed by atoms with E-state index in [-0.39, 0.29) is 30.3 Å². The molecule has 2 aromatic heterocycles. The fraction of sp³-hybridized carbons (Fsp3) is 0.333. The molecule has 0 saturated heterocycles. The van der Waals surface area contributed by atoms with Crippen molar-refractivity contribution in [3.63, 3.8) is 0 Å². The second-order valence-corrected chi connectivity index (χ2v) is 6.86. The zero-order valence-electron chi connectivity index (χ0n) is 15.2. The Morgan fingerprint density at radius 1 is 1.41 bits per heavy atom. The van der Waals surface area contributed by atoms with E-state index in [1.165, 1.54) is 4.57 Å². The maximum absolute atomic E-state index is 12.8. The first-order chi connectivity index (χ1) is 12.9. The molecule has 1 aromatic carbocycles. The SMILES string of the molecule is CCc1noc2nc(C)n(CC(=O)NCc3cc(Br)ccc3OC)c(=O)c12. The van der Waals surface area contributed by atoms with Crippen molar-refractivity contribution < 1.29 is 14.1 Å². The zero-order valence-corrected chi connectivity index (χ0v) is 16.8. The molecule has 8 nitrogen and oxygen atoms in total. The van der Waals surface area contributed by atoms with Crippen molar-refractivity contribution in [3.05, 3.63) is 50.1 Å². The van der Waals surface area contributed by atoms with Crippen LogP contribution in [0.1, 0.15) is 24.0 Å². The van der Waals surface area contributed by atoms with Crippen LogP contribution in [0.25, 0.3) is 11.1 Å². The number of fused-ring (bicyclic) bond motifs is 1. The summed E-state index contributed by atoms with van der Waals surface area (Å²) in [6, 6.07) is 5.54. The second-order valence-electron chi connectivity index (χ2n) is 5.95. The summed E-state index contributed by atoms with van der Waals surface area (Å²) >= 11 is 3.40. The van der Waals surface area contributed by atoms with Crippen LogP contribution in [0.4, 0.5) is 0 Å². The molecule has 0 atom stereocenters. The molecule has 0 saturated carbocycles. The number of aromatic nitrogens is 3. The lowest BCUT2D eigenvalue weighted by Crippen LogP contribution is -2.33. The quantitative estimate of drug-likeness (QED) is 0.638. The van der Waals surface area contributed by atoms with Crippen LogP contribution >= 0.6 is 15.9 Å². The van der Waals surface area contributed by atoms with Gasteiger partial charge in [0.15, 0.2) is 0 Å². The van der Waals surface area contributed by atoms with E-state index in [0.717, 1.165) is 10.0 Å². The van der Waals surface area contributed by atoms with Crippen LogP contribution in [0.5, 0.6) is 5.75 Å². The Hall–Kier alpha value is -2.68. The number of aryl methyl sites for hydroxylation is 2. The number of methoxy groups -OCH3 is 1. The number of halogens is 1. The number of amides is 1. The third-order valence-corrected chi connectivity index (χ3v) is 4.71. The molecule has 3 rings (SSSR count). The van der Waals surface area contributed by atoms with E-state index in [2.05, 4.69) is 31.4 Å². The fourth-order valence-corrected chi connectivity index (χ4v) is 3.21. The predicted molar refractivity (Wildman–Crippen MR) is 103 cm³/mol. The van der Waals surface area contributed by atoms with Gasteiger partial charge in [0.1, 0.15) is 23.5 Å². The van der Waals surface area contributed by atoms with E-state index >= 15 is 0 Å². The van der Waals surface area contributed by atoms with Crippen LogP contribution in [0.2, 0.25) is 0 Å². The molecule has 27 heavy (non-hydrogen) atoms. The molecule has 0 aliphatic rings. The first-order valence-electron chi connectivity index (χ1n) is 8.39. The minimum atomic E-state index is -0.328. The topological polar surface area (TPSA) is 99.2 Å². The predicted octanol–water partition coefficient (Wildman–Crippen LogP) is 2.34. The highest BCUT2D eigenvalue weighted by Gasteiger charge is 2.18. The molecule has 0 aliphatic carbocycles. The summed E-state index contributed by atoms with van der Waals surface area (Å²) in [5.41, 5.74) is 1.23. The monoisotopic (exact) mass is 434 g/mol. The van der Waals surface area contributed by atoms with E-state index < -0.39 is 0 Å². The van der Waals surface area contributed by atoms with Crippen LogP contribution in [0.15, 0.2) is 32.0 Å². The smallest absolute Gasteiger partial charge is 0.267 e. The largest absolute Gasteiger partial charge is 0.496 e. The number of rotatable bonds is 6. The molecule has 1 N–H and O–H groups in total. The average molecular weight is 435 g/mol. The minimum absolute atomic E-state index is 0.141. The maximum Gasteiger partial charge on any atom is 0.267 e. The summed E-state index contributed by atoms with van der Waals surface area (Å²) in [6.07, 6.45) is 0.544. The summed E-state index contributed by atoms with van der Waals surface area (Å²) in [6.45, 7) is 3.66. The Bertz CT molecular complexity index is 1060. The highest BCUT2D eigenvalue weighted by Crippen LogP contribution is 2.22. The highest BCUT2D eigenvalue weighted by atomic mass is 79.9. The Labute approximate surface area is 163 Å². The second kappa shape index (κ2) is 7.91. The number of benzene rings is 1. The van der Waals surface area contributed by atoms with Crippen molar-refractivity contribution >= 4 is 32.9 Å². The average Bonchev–Trinajstić information content (AvgIpc) is 3.06. The van der Waals surface area contributed by atoms with Crippen molar-refractivity contribution in [3.8, 4) is 5.75 Å². The number of hydrogen-bond donors (Lipinski definition) is 1. The highest BCUT2D eigenvalue weighted by molar-refractivity contribution is 9.10. The summed E-state index contributed by atoms with van der Waals surface area (Å²) in [5.74, 6) is 0.756. The Morgan fingerprint density at radius 3 is 2.89 bits per heavy atom. The fourth-order valence-electron chi connectivity index (χ4n) is 2.80. The van der Waals surface area contributed by atoms with Crippen LogP contribution < -0.4 is 15.6 Å². The van der Waals surface area contributed by atoms with Crippen molar-refractivity contribution in [1.82, 2.24) is 20.0 Å². The number of hydrogen-bond acceptors (Lipinski definition) is 6. The molecule has 1 amide bonds. The van der Waals surface area contributed by atoms with Gasteiger partial charge in [-0.1, -0.05) is 28.0 Å². The third kappa shape index (κ3) is 3.87. The summed E-state index contributed by atoms with van der Waals surface area (Å²) in [7, 11) is 1.57. The van der Waals surface area contributed by atoms with Crippen molar-refractivity contribution in [1.29, 1.82) is 0 Å². The van der Waals surface area contributed by atoms with Gasteiger partial charge in [-0.2, -0.15) is 4.98 Å². The molecular weight excluding hydrogens is 416 g/mol. The van der Waals surface area contributed by atoms with Gasteiger partial charge in [0, 0.05) is 16.6 Å². The molecule has 0 radical (unpaired) electrons. The minimum Gasteiger partial charge on any atom is -0.496 e. The molecule has 0 bridgehead atoms. The lowest BCUT2D eigenvalue weighted by Gasteiger charge is -2.12. The molecule has 9 heteroatoms. The van der Waals surface area contributed by atoms with Crippen LogP contribution in [-0.2, 0) is 24.3 Å². The van der Waals surface area contributed by atoms with Crippen LogP contribution in [0, 0.1) is 6.92 Å². The van der Waals surface area contributed by atoms with Gasteiger partial charge in [-0.15, -0.1) is 0 Å². The summed E-state index contributed by atoms with van der Waals surface area (Å²) in [5, 5.41) is 7.00. The van der Waals surface area contributed by atoms with E-state index in [4.69, 9.17) is 9.26 Å². The summed E-state index contributed by atoms with van der Waals surface area (Å²) in [4.78, 5) is 29.4. The Kier molecular flexibility index (Phi) is 5.59. The first kappa shape index (κ1) is 19.1. The first-order valence-corrected chi connectivity index (χ1v) is 9.18. The maximum atomic E-state index is 12.8. The zero-order chi connectivity index (χ0) is 19.6. The van der Waals surface area contributed by atoms with Gasteiger partial charge < -0.3 is 14.6 Å². The van der Waals surface area contributed by atoms with Crippen molar-refractivity contribution in [2.75, 3.05) is 7.11 Å². The Balaban J connectivity index is 1.80. The molecular formula is C18H19BrN4O4. The summed E-state index contributed by atoms with van der Waals surface area (Å²) < 4.78 is 12.6. The molecule has 0 fully saturated rings. The van der Waals surface area contributed by atoms with E-state index in [0.29, 0.717) is 29.1 Å². The molecule has 2 heterocycles.